The summed E-state index contributed by atoms with van der Waals surface area (Å²) < 4.78 is 14.1. The molecule has 34 heavy (non-hydrogen) atoms. The number of benzene rings is 1. The predicted octanol–water partition coefficient (Wildman–Crippen LogP) is 3.79. The zero-order valence-electron chi connectivity index (χ0n) is 20.5. The van der Waals surface area contributed by atoms with Gasteiger partial charge >= 0.3 is 0 Å². The number of carbonyl (C=O) groups excluding carboxylic acids is 2. The number of rotatable bonds is 4. The fourth-order valence-corrected chi connectivity index (χ4v) is 5.23. The van der Waals surface area contributed by atoms with Gasteiger partial charge in [-0.15, -0.1) is 0 Å². The summed E-state index contributed by atoms with van der Waals surface area (Å²) in [5.74, 6) is 0.816. The molecule has 0 saturated carbocycles. The first-order chi connectivity index (χ1) is 16.1. The van der Waals surface area contributed by atoms with E-state index in [1.807, 2.05) is 31.9 Å². The van der Waals surface area contributed by atoms with Crippen molar-refractivity contribution in [2.45, 2.75) is 51.9 Å². The molecule has 3 heterocycles. The van der Waals surface area contributed by atoms with Crippen LogP contribution in [0.3, 0.4) is 0 Å². The Labute approximate surface area is 200 Å². The van der Waals surface area contributed by atoms with Crippen molar-refractivity contribution in [1.29, 1.82) is 0 Å². The summed E-state index contributed by atoms with van der Waals surface area (Å²) in [4.78, 5) is 39.3. The molecule has 1 aromatic heterocycles. The van der Waals surface area contributed by atoms with Crippen LogP contribution >= 0.6 is 0 Å². The van der Waals surface area contributed by atoms with Crippen LogP contribution in [0.2, 0.25) is 0 Å². The number of aromatic nitrogens is 2. The number of hydrogen-bond acceptors (Lipinski definition) is 5. The van der Waals surface area contributed by atoms with Crippen LogP contribution in [0, 0.1) is 18.2 Å². The molecular formula is C26H34FN5O2. The summed E-state index contributed by atoms with van der Waals surface area (Å²) in [6.07, 6.45) is 3.00. The maximum Gasteiger partial charge on any atom is 0.256 e. The van der Waals surface area contributed by atoms with Gasteiger partial charge in [-0.2, -0.15) is 0 Å². The van der Waals surface area contributed by atoms with Gasteiger partial charge in [0.15, 0.2) is 0 Å². The first kappa shape index (κ1) is 24.1. The van der Waals surface area contributed by atoms with Crippen molar-refractivity contribution in [3.8, 4) is 0 Å². The molecule has 2 saturated heterocycles. The van der Waals surface area contributed by atoms with Gasteiger partial charge in [-0.3, -0.25) is 9.59 Å². The van der Waals surface area contributed by atoms with Gasteiger partial charge in [-0.05, 0) is 44.7 Å². The van der Waals surface area contributed by atoms with Crippen LogP contribution in [0.1, 0.15) is 61.4 Å². The standard InChI is InChI=1S/C26H34FN5O2/c1-18-29-21(16-22(28-4)30-18)26(3)10-7-13-32(17-26)24(34)25(2)11-14-31(15-12-25)23(33)19-8-5-6-9-20(19)27/h5-6,8-9,16H,7,10-15,17H2,1-4H3,(H,28,29,30)/t26-/m1/s1. The zero-order valence-corrected chi connectivity index (χ0v) is 20.5. The molecule has 4 rings (SSSR count). The Hall–Kier alpha value is -3.03. The molecule has 1 N–H and O–H groups in total. The van der Waals surface area contributed by atoms with Gasteiger partial charge in [0.1, 0.15) is 17.5 Å². The summed E-state index contributed by atoms with van der Waals surface area (Å²) in [5.41, 5.74) is 0.259. The normalized spacial score (nSPS) is 22.4. The zero-order chi connectivity index (χ0) is 24.5. The molecule has 2 aliphatic heterocycles. The largest absolute Gasteiger partial charge is 0.373 e. The van der Waals surface area contributed by atoms with Gasteiger partial charge in [0, 0.05) is 50.1 Å². The van der Waals surface area contributed by atoms with E-state index in [1.54, 1.807) is 17.0 Å². The molecule has 7 nitrogen and oxygen atoms in total. The Kier molecular flexibility index (Phi) is 6.60. The van der Waals surface area contributed by atoms with Gasteiger partial charge in [-0.1, -0.05) is 26.0 Å². The molecule has 2 fully saturated rings. The molecule has 1 aromatic carbocycles. The first-order valence-electron chi connectivity index (χ1n) is 12.0. The number of halogens is 1. The highest BCUT2D eigenvalue weighted by molar-refractivity contribution is 5.94. The fourth-order valence-electron chi connectivity index (χ4n) is 5.23. The van der Waals surface area contributed by atoms with E-state index in [9.17, 15) is 14.0 Å². The van der Waals surface area contributed by atoms with Gasteiger partial charge in [0.2, 0.25) is 5.91 Å². The Morgan fingerprint density at radius 3 is 2.41 bits per heavy atom. The van der Waals surface area contributed by atoms with Crippen molar-refractivity contribution in [2.24, 2.45) is 5.41 Å². The smallest absolute Gasteiger partial charge is 0.256 e. The number of nitrogens with zero attached hydrogens (tertiary/aromatic N) is 4. The lowest BCUT2D eigenvalue weighted by molar-refractivity contribution is -0.146. The van der Waals surface area contributed by atoms with Crippen molar-refractivity contribution >= 4 is 17.6 Å². The summed E-state index contributed by atoms with van der Waals surface area (Å²) in [6.45, 7) is 8.28. The molecule has 0 radical (unpaired) electrons. The van der Waals surface area contributed by atoms with Crippen molar-refractivity contribution < 1.29 is 14.0 Å². The van der Waals surface area contributed by atoms with E-state index < -0.39 is 11.2 Å². The highest BCUT2D eigenvalue weighted by atomic mass is 19.1. The van der Waals surface area contributed by atoms with E-state index in [0.717, 1.165) is 30.9 Å². The maximum atomic E-state index is 14.1. The maximum absolute atomic E-state index is 14.1. The highest BCUT2D eigenvalue weighted by Gasteiger charge is 2.44. The third-order valence-electron chi connectivity index (χ3n) is 7.47. The number of piperidine rings is 2. The number of aryl methyl sites for hydroxylation is 1. The van der Waals surface area contributed by atoms with Crippen molar-refractivity contribution in [3.63, 3.8) is 0 Å². The van der Waals surface area contributed by atoms with Gasteiger partial charge < -0.3 is 15.1 Å². The van der Waals surface area contributed by atoms with Crippen molar-refractivity contribution in [3.05, 3.63) is 53.2 Å². The highest BCUT2D eigenvalue weighted by Crippen LogP contribution is 2.38. The fraction of sp³-hybridized carbons (Fsp3) is 0.538. The lowest BCUT2D eigenvalue weighted by Gasteiger charge is -2.45. The predicted molar refractivity (Wildman–Crippen MR) is 129 cm³/mol. The Bertz CT molecular complexity index is 1080. The summed E-state index contributed by atoms with van der Waals surface area (Å²) >= 11 is 0. The minimum absolute atomic E-state index is 0.0882. The van der Waals surface area contributed by atoms with Crippen LogP contribution in [0.5, 0.6) is 0 Å². The molecule has 0 unspecified atom stereocenters. The van der Waals surface area contributed by atoms with Gasteiger partial charge in [0.25, 0.3) is 5.91 Å². The lowest BCUT2D eigenvalue weighted by Crippen LogP contribution is -2.54. The molecule has 0 aliphatic carbocycles. The topological polar surface area (TPSA) is 78.4 Å². The molecule has 1 atom stereocenters. The molecular weight excluding hydrogens is 433 g/mol. The minimum atomic E-state index is -0.540. The van der Waals surface area contributed by atoms with Crippen LogP contribution < -0.4 is 5.32 Å². The third kappa shape index (κ3) is 4.63. The number of carbonyl (C=O) groups is 2. The van der Waals surface area contributed by atoms with E-state index in [0.29, 0.717) is 38.3 Å². The molecule has 2 aromatic rings. The van der Waals surface area contributed by atoms with Gasteiger partial charge in [0.05, 0.1) is 11.3 Å². The average Bonchev–Trinajstić information content (AvgIpc) is 2.83. The lowest BCUT2D eigenvalue weighted by atomic mass is 9.75. The molecule has 2 amide bonds. The van der Waals surface area contributed by atoms with E-state index in [-0.39, 0.29) is 22.8 Å². The summed E-state index contributed by atoms with van der Waals surface area (Å²) in [6, 6.07) is 8.04. The molecule has 0 bridgehead atoms. The second kappa shape index (κ2) is 9.31. The van der Waals surface area contributed by atoms with Crippen LogP contribution in [-0.4, -0.2) is 64.8 Å². The van der Waals surface area contributed by atoms with E-state index >= 15 is 0 Å². The second-order valence-electron chi connectivity index (χ2n) is 10.2. The van der Waals surface area contributed by atoms with Crippen LogP contribution in [0.15, 0.2) is 30.3 Å². The van der Waals surface area contributed by atoms with Gasteiger partial charge in [-0.25, -0.2) is 14.4 Å². The minimum Gasteiger partial charge on any atom is -0.373 e. The Morgan fingerprint density at radius 1 is 1.03 bits per heavy atom. The number of hydrogen-bond donors (Lipinski definition) is 1. The molecule has 2 aliphatic rings. The molecule has 8 heteroatoms. The number of amides is 2. The van der Waals surface area contributed by atoms with E-state index in [2.05, 4.69) is 17.2 Å². The van der Waals surface area contributed by atoms with Crippen LogP contribution in [0.4, 0.5) is 10.2 Å². The summed E-state index contributed by atoms with van der Waals surface area (Å²) in [5, 5.41) is 3.10. The Morgan fingerprint density at radius 2 is 1.74 bits per heavy atom. The van der Waals surface area contributed by atoms with Crippen LogP contribution in [0.25, 0.3) is 0 Å². The average molecular weight is 468 g/mol. The number of likely N-dealkylation sites (tertiary alicyclic amines) is 2. The quantitative estimate of drug-likeness (QED) is 0.740. The molecule has 0 spiro atoms. The van der Waals surface area contributed by atoms with E-state index in [4.69, 9.17) is 4.98 Å². The third-order valence-corrected chi connectivity index (χ3v) is 7.47. The van der Waals surface area contributed by atoms with Crippen molar-refractivity contribution in [1.82, 2.24) is 19.8 Å². The number of nitrogens with one attached hydrogen (secondary N) is 1. The second-order valence-corrected chi connectivity index (χ2v) is 10.2. The van der Waals surface area contributed by atoms with Crippen LogP contribution in [-0.2, 0) is 10.2 Å². The molecule has 182 valence electrons. The Balaban J connectivity index is 1.45. The monoisotopic (exact) mass is 467 g/mol. The van der Waals surface area contributed by atoms with Crippen molar-refractivity contribution in [2.75, 3.05) is 38.5 Å². The SMILES string of the molecule is CNc1cc([C@]2(C)CCCN(C(=O)C3(C)CCN(C(=O)c4ccccc4F)CC3)C2)nc(C)n1. The summed E-state index contributed by atoms with van der Waals surface area (Å²) in [7, 11) is 1.84. The number of anilines is 1. The first-order valence-corrected chi connectivity index (χ1v) is 12.0. The van der Waals surface area contributed by atoms with E-state index in [1.165, 1.54) is 12.1 Å².